The number of hydrogen-bond donors (Lipinski definition) is 2. The maximum absolute atomic E-state index is 12.0. The monoisotopic (exact) mass is 309 g/mol. The number of aliphatic hydroxyl groups is 1. The van der Waals surface area contributed by atoms with Crippen molar-refractivity contribution in [2.24, 2.45) is 5.92 Å². The molecular formula is C11H13Cl2NO3S. The van der Waals surface area contributed by atoms with E-state index in [1.807, 2.05) is 0 Å². The van der Waals surface area contributed by atoms with Crippen LogP contribution in [-0.2, 0) is 16.6 Å². The van der Waals surface area contributed by atoms with Crippen molar-refractivity contribution in [3.63, 3.8) is 0 Å². The van der Waals surface area contributed by atoms with Gasteiger partial charge in [-0.05, 0) is 36.5 Å². The zero-order valence-corrected chi connectivity index (χ0v) is 11.8. The maximum atomic E-state index is 12.0. The highest BCUT2D eigenvalue weighted by Gasteiger charge is 2.26. The van der Waals surface area contributed by atoms with E-state index in [-0.39, 0.29) is 21.5 Å². The maximum Gasteiger partial charge on any atom is 0.242 e. The first kappa shape index (κ1) is 14.1. The molecule has 1 aromatic rings. The van der Waals surface area contributed by atoms with Crippen LogP contribution in [0.15, 0.2) is 17.0 Å². The van der Waals surface area contributed by atoms with Crippen molar-refractivity contribution in [3.05, 3.63) is 27.7 Å². The smallest absolute Gasteiger partial charge is 0.242 e. The van der Waals surface area contributed by atoms with E-state index in [4.69, 9.17) is 28.3 Å². The van der Waals surface area contributed by atoms with E-state index in [0.29, 0.717) is 18.0 Å². The molecule has 1 aliphatic carbocycles. The topological polar surface area (TPSA) is 66.4 Å². The van der Waals surface area contributed by atoms with E-state index < -0.39 is 10.0 Å². The van der Waals surface area contributed by atoms with E-state index in [9.17, 15) is 8.42 Å². The summed E-state index contributed by atoms with van der Waals surface area (Å²) in [5.74, 6) is 0.433. The Kier molecular flexibility index (Phi) is 4.18. The highest BCUT2D eigenvalue weighted by Crippen LogP contribution is 2.31. The van der Waals surface area contributed by atoms with Gasteiger partial charge >= 0.3 is 0 Å². The highest BCUT2D eigenvalue weighted by molar-refractivity contribution is 7.89. The van der Waals surface area contributed by atoms with Crippen LogP contribution in [0.1, 0.15) is 18.4 Å². The van der Waals surface area contributed by atoms with Gasteiger partial charge in [0.15, 0.2) is 0 Å². The van der Waals surface area contributed by atoms with Crippen molar-refractivity contribution in [1.82, 2.24) is 4.72 Å². The van der Waals surface area contributed by atoms with Gasteiger partial charge < -0.3 is 5.11 Å². The van der Waals surface area contributed by atoms with Crippen LogP contribution in [-0.4, -0.2) is 20.1 Å². The quantitative estimate of drug-likeness (QED) is 0.876. The minimum absolute atomic E-state index is 0.0433. The van der Waals surface area contributed by atoms with Gasteiger partial charge in [0.25, 0.3) is 0 Å². The lowest BCUT2D eigenvalue weighted by atomic mass is 10.2. The van der Waals surface area contributed by atoms with Crippen molar-refractivity contribution in [3.8, 4) is 0 Å². The first-order valence-corrected chi connectivity index (χ1v) is 7.76. The molecule has 0 heterocycles. The van der Waals surface area contributed by atoms with Gasteiger partial charge in [-0.1, -0.05) is 23.2 Å². The van der Waals surface area contributed by atoms with E-state index >= 15 is 0 Å². The Morgan fingerprint density at radius 2 is 1.94 bits per heavy atom. The van der Waals surface area contributed by atoms with Gasteiger partial charge in [-0.15, -0.1) is 0 Å². The predicted octanol–water partition coefficient (Wildman–Crippen LogP) is 2.17. The van der Waals surface area contributed by atoms with Gasteiger partial charge in [0.1, 0.15) is 4.90 Å². The second-order valence-electron chi connectivity index (χ2n) is 4.33. The molecule has 1 fully saturated rings. The molecule has 0 unspecified atom stereocenters. The molecule has 18 heavy (non-hydrogen) atoms. The van der Waals surface area contributed by atoms with Crippen LogP contribution in [0, 0.1) is 5.92 Å². The zero-order valence-electron chi connectivity index (χ0n) is 9.49. The molecule has 100 valence electrons. The Bertz CT molecular complexity index is 556. The standard InChI is InChI=1S/C11H13Cl2NO3S/c12-9-4-10(13)11(3-8(9)6-15)18(16,17)14-5-7-1-2-7/h3-4,7,14-15H,1-2,5-6H2. The number of benzene rings is 1. The molecule has 4 nitrogen and oxygen atoms in total. The summed E-state index contributed by atoms with van der Waals surface area (Å²) in [5.41, 5.74) is 0.341. The number of nitrogens with one attached hydrogen (secondary N) is 1. The van der Waals surface area contributed by atoms with Gasteiger partial charge in [0, 0.05) is 11.6 Å². The number of aliphatic hydroxyl groups excluding tert-OH is 1. The van der Waals surface area contributed by atoms with E-state index in [1.165, 1.54) is 12.1 Å². The number of halogens is 2. The summed E-state index contributed by atoms with van der Waals surface area (Å²) in [5, 5.41) is 9.39. The third-order valence-corrected chi connectivity index (χ3v) is 5.06. The van der Waals surface area contributed by atoms with Crippen LogP contribution in [0.4, 0.5) is 0 Å². The molecule has 0 bridgehead atoms. The second-order valence-corrected chi connectivity index (χ2v) is 6.88. The summed E-state index contributed by atoms with van der Waals surface area (Å²) >= 11 is 11.7. The Morgan fingerprint density at radius 3 is 2.50 bits per heavy atom. The fourth-order valence-corrected chi connectivity index (χ4v) is 3.50. The van der Waals surface area contributed by atoms with Crippen LogP contribution in [0.2, 0.25) is 10.0 Å². The molecule has 1 aromatic carbocycles. The molecule has 0 aliphatic heterocycles. The predicted molar refractivity (Wildman–Crippen MR) is 70.3 cm³/mol. The number of sulfonamides is 1. The summed E-state index contributed by atoms with van der Waals surface area (Å²) in [7, 11) is -3.65. The number of rotatable bonds is 5. The van der Waals surface area contributed by atoms with Crippen LogP contribution < -0.4 is 4.72 Å². The van der Waals surface area contributed by atoms with Crippen molar-refractivity contribution in [2.45, 2.75) is 24.3 Å². The molecule has 0 spiro atoms. The Hall–Kier alpha value is -0.330. The van der Waals surface area contributed by atoms with E-state index in [2.05, 4.69) is 4.72 Å². The summed E-state index contributed by atoms with van der Waals surface area (Å²) in [6.45, 7) is 0.0941. The lowest BCUT2D eigenvalue weighted by Gasteiger charge is -2.10. The largest absolute Gasteiger partial charge is 0.392 e. The molecule has 0 atom stereocenters. The average molecular weight is 310 g/mol. The molecular weight excluding hydrogens is 297 g/mol. The second kappa shape index (κ2) is 5.35. The zero-order chi connectivity index (χ0) is 13.3. The third-order valence-electron chi connectivity index (χ3n) is 2.82. The van der Waals surface area contributed by atoms with Crippen molar-refractivity contribution in [2.75, 3.05) is 6.54 Å². The minimum atomic E-state index is -3.65. The van der Waals surface area contributed by atoms with Crippen LogP contribution in [0.5, 0.6) is 0 Å². The van der Waals surface area contributed by atoms with Gasteiger partial charge in [0.2, 0.25) is 10.0 Å². The minimum Gasteiger partial charge on any atom is -0.392 e. The molecule has 2 rings (SSSR count). The Labute approximate surface area is 116 Å². The van der Waals surface area contributed by atoms with Gasteiger partial charge in [-0.3, -0.25) is 0 Å². The normalized spacial score (nSPS) is 15.9. The lowest BCUT2D eigenvalue weighted by Crippen LogP contribution is -2.26. The molecule has 1 saturated carbocycles. The van der Waals surface area contributed by atoms with Gasteiger partial charge in [-0.2, -0.15) is 0 Å². The molecule has 0 radical (unpaired) electrons. The first-order chi connectivity index (χ1) is 8.44. The Morgan fingerprint density at radius 1 is 1.28 bits per heavy atom. The van der Waals surface area contributed by atoms with Crippen LogP contribution >= 0.6 is 23.2 Å². The van der Waals surface area contributed by atoms with Crippen molar-refractivity contribution < 1.29 is 13.5 Å². The molecule has 2 N–H and O–H groups in total. The highest BCUT2D eigenvalue weighted by atomic mass is 35.5. The first-order valence-electron chi connectivity index (χ1n) is 5.52. The van der Waals surface area contributed by atoms with E-state index in [0.717, 1.165) is 12.8 Å². The summed E-state index contributed by atoms with van der Waals surface area (Å²) in [6, 6.07) is 2.64. The lowest BCUT2D eigenvalue weighted by molar-refractivity contribution is 0.281. The SMILES string of the molecule is O=S(=O)(NCC1CC1)c1cc(CO)c(Cl)cc1Cl. The van der Waals surface area contributed by atoms with Crippen LogP contribution in [0.25, 0.3) is 0 Å². The summed E-state index contributed by atoms with van der Waals surface area (Å²) < 4.78 is 26.6. The fraction of sp³-hybridized carbons (Fsp3) is 0.455. The fourth-order valence-electron chi connectivity index (χ4n) is 1.53. The van der Waals surface area contributed by atoms with E-state index in [1.54, 1.807) is 0 Å². The van der Waals surface area contributed by atoms with Crippen molar-refractivity contribution >= 4 is 33.2 Å². The molecule has 1 aliphatic rings. The Balaban J connectivity index is 2.30. The third kappa shape index (κ3) is 3.16. The van der Waals surface area contributed by atoms with Crippen LogP contribution in [0.3, 0.4) is 0 Å². The molecule has 0 saturated heterocycles. The molecule has 0 aromatic heterocycles. The van der Waals surface area contributed by atoms with Gasteiger partial charge in [0.05, 0.1) is 11.6 Å². The summed E-state index contributed by atoms with van der Waals surface area (Å²) in [6.07, 6.45) is 2.11. The molecule has 7 heteroatoms. The number of hydrogen-bond acceptors (Lipinski definition) is 3. The average Bonchev–Trinajstić information content (AvgIpc) is 3.10. The van der Waals surface area contributed by atoms with Gasteiger partial charge in [-0.25, -0.2) is 13.1 Å². The molecule has 0 amide bonds. The van der Waals surface area contributed by atoms with Crippen molar-refractivity contribution in [1.29, 1.82) is 0 Å². The summed E-state index contributed by atoms with van der Waals surface area (Å²) in [4.78, 5) is -0.0433.